The van der Waals surface area contributed by atoms with Crippen molar-refractivity contribution in [3.05, 3.63) is 182 Å². The summed E-state index contributed by atoms with van der Waals surface area (Å²) in [6.45, 7) is 4.39. The number of hydrogen-bond donors (Lipinski definition) is 2. The van der Waals surface area contributed by atoms with Gasteiger partial charge >= 0.3 is 0 Å². The van der Waals surface area contributed by atoms with Crippen molar-refractivity contribution in [2.75, 3.05) is 40.9 Å². The highest BCUT2D eigenvalue weighted by Gasteiger charge is 2.23. The number of carbonyl (C=O) groups excluding carboxylic acids is 1. The Balaban J connectivity index is 4.22. The second-order valence-corrected chi connectivity index (χ2v) is 20.9. The fraction of sp³-hybridized carbons (Fsp3) is 0.530. The van der Waals surface area contributed by atoms with Crippen LogP contribution in [0.4, 0.5) is 0 Å². The molecule has 3 atom stereocenters. The molecular weight excluding hydrogens is 948 g/mol. The molecule has 0 fully saturated rings. The van der Waals surface area contributed by atoms with E-state index in [2.05, 4.69) is 189 Å². The molecule has 0 aliphatic rings. The molecule has 75 heavy (non-hydrogen) atoms. The third-order valence-corrected chi connectivity index (χ3v) is 12.3. The summed E-state index contributed by atoms with van der Waals surface area (Å²) >= 11 is 0. The summed E-state index contributed by atoms with van der Waals surface area (Å²) in [6, 6.07) is -0.936. The fourth-order valence-corrected chi connectivity index (χ4v) is 7.58. The first kappa shape index (κ1) is 70.6. The van der Waals surface area contributed by atoms with E-state index in [4.69, 9.17) is 9.05 Å². The number of likely N-dealkylation sites (N-methyl/N-ethyl adjacent to an activating group) is 1. The van der Waals surface area contributed by atoms with Crippen molar-refractivity contribution in [1.29, 1.82) is 0 Å². The average molecular weight is 1050 g/mol. The Labute approximate surface area is 459 Å². The minimum atomic E-state index is -4.62. The van der Waals surface area contributed by atoms with E-state index in [0.717, 1.165) is 128 Å². The number of unbranched alkanes of at least 4 members (excludes halogenated alkanes) is 8. The summed E-state index contributed by atoms with van der Waals surface area (Å²) in [6.07, 6.45) is 88.4. The van der Waals surface area contributed by atoms with Crippen molar-refractivity contribution in [1.82, 2.24) is 5.32 Å². The minimum absolute atomic E-state index is 0.0248. The van der Waals surface area contributed by atoms with Gasteiger partial charge in [0.2, 0.25) is 5.91 Å². The van der Waals surface area contributed by atoms with Gasteiger partial charge in [-0.25, -0.2) is 0 Å². The van der Waals surface area contributed by atoms with E-state index < -0.39 is 26.6 Å². The zero-order valence-electron chi connectivity index (χ0n) is 47.7. The molecule has 0 aliphatic carbocycles. The lowest BCUT2D eigenvalue weighted by atomic mass is 10.1. The number of nitrogens with zero attached hydrogens (tertiary/aromatic N) is 1. The molecule has 3 unspecified atom stereocenters. The Morgan fingerprint density at radius 1 is 0.480 bits per heavy atom. The quantitative estimate of drug-likeness (QED) is 0.0272. The second-order valence-electron chi connectivity index (χ2n) is 19.5. The van der Waals surface area contributed by atoms with E-state index in [1.165, 1.54) is 12.8 Å². The summed E-state index contributed by atoms with van der Waals surface area (Å²) in [4.78, 5) is 25.4. The lowest BCUT2D eigenvalue weighted by molar-refractivity contribution is -0.870. The maximum absolute atomic E-state index is 12.9. The predicted octanol–water partition coefficient (Wildman–Crippen LogP) is 17.2. The summed E-state index contributed by atoms with van der Waals surface area (Å²) in [5.74, 6) is -0.247. The van der Waals surface area contributed by atoms with Crippen molar-refractivity contribution in [3.63, 3.8) is 0 Å². The Hall–Kier alpha value is -4.40. The van der Waals surface area contributed by atoms with Gasteiger partial charge in [-0.2, -0.15) is 0 Å². The van der Waals surface area contributed by atoms with E-state index in [9.17, 15) is 19.4 Å². The van der Waals surface area contributed by atoms with Gasteiger partial charge in [-0.3, -0.25) is 9.36 Å². The van der Waals surface area contributed by atoms with E-state index in [1.54, 1.807) is 6.08 Å². The predicted molar refractivity (Wildman–Crippen MR) is 324 cm³/mol. The molecule has 0 aromatic carbocycles. The summed E-state index contributed by atoms with van der Waals surface area (Å²) in [7, 11) is 1.18. The van der Waals surface area contributed by atoms with Crippen LogP contribution in [-0.4, -0.2) is 68.5 Å². The second kappa shape index (κ2) is 54.4. The van der Waals surface area contributed by atoms with Crippen molar-refractivity contribution < 1.29 is 32.9 Å². The van der Waals surface area contributed by atoms with Crippen molar-refractivity contribution >= 4 is 13.7 Å². The first-order valence-corrected chi connectivity index (χ1v) is 30.1. The number of nitrogens with one attached hydrogen (secondary N) is 1. The zero-order chi connectivity index (χ0) is 54.9. The van der Waals surface area contributed by atoms with Gasteiger partial charge in [0.05, 0.1) is 39.9 Å². The molecule has 2 N–H and O–H groups in total. The third kappa shape index (κ3) is 57.2. The number of aliphatic hydroxyl groups excluding tert-OH is 1. The summed E-state index contributed by atoms with van der Waals surface area (Å²) in [5.41, 5.74) is 0. The lowest BCUT2D eigenvalue weighted by Gasteiger charge is -2.29. The lowest BCUT2D eigenvalue weighted by Crippen LogP contribution is -2.45. The molecule has 420 valence electrons. The topological polar surface area (TPSA) is 108 Å². The molecule has 0 rings (SSSR count). The third-order valence-electron chi connectivity index (χ3n) is 11.3. The number of aliphatic hydroxyl groups is 1. The number of phosphoric ester groups is 1. The highest BCUT2D eigenvalue weighted by molar-refractivity contribution is 7.45. The number of amides is 1. The van der Waals surface area contributed by atoms with Gasteiger partial charge in [0.15, 0.2) is 0 Å². The largest absolute Gasteiger partial charge is 0.756 e. The highest BCUT2D eigenvalue weighted by Crippen LogP contribution is 2.38. The molecule has 0 bridgehead atoms. The van der Waals surface area contributed by atoms with E-state index in [1.807, 2.05) is 27.2 Å². The van der Waals surface area contributed by atoms with Crippen LogP contribution in [0.1, 0.15) is 174 Å². The van der Waals surface area contributed by atoms with Crippen LogP contribution >= 0.6 is 7.82 Å². The average Bonchev–Trinajstić information content (AvgIpc) is 3.37. The maximum atomic E-state index is 12.9. The van der Waals surface area contributed by atoms with E-state index in [-0.39, 0.29) is 18.9 Å². The van der Waals surface area contributed by atoms with Crippen molar-refractivity contribution in [2.45, 2.75) is 187 Å². The molecule has 9 heteroatoms. The van der Waals surface area contributed by atoms with Gasteiger partial charge in [-0.05, 0) is 128 Å². The van der Waals surface area contributed by atoms with Gasteiger partial charge in [0.25, 0.3) is 7.82 Å². The van der Waals surface area contributed by atoms with E-state index in [0.29, 0.717) is 23.9 Å². The zero-order valence-corrected chi connectivity index (χ0v) is 48.6. The Morgan fingerprint density at radius 2 is 0.827 bits per heavy atom. The normalized spacial score (nSPS) is 15.2. The first-order chi connectivity index (χ1) is 36.5. The van der Waals surface area contributed by atoms with Gasteiger partial charge in [-0.15, -0.1) is 0 Å². The van der Waals surface area contributed by atoms with Gasteiger partial charge in [-0.1, -0.05) is 222 Å². The van der Waals surface area contributed by atoms with Crippen LogP contribution in [0.3, 0.4) is 0 Å². The molecular formula is C66H105N2O6P. The van der Waals surface area contributed by atoms with Crippen LogP contribution in [-0.2, 0) is 18.4 Å². The number of rotatable bonds is 49. The monoisotopic (exact) mass is 1050 g/mol. The van der Waals surface area contributed by atoms with Gasteiger partial charge in [0.1, 0.15) is 13.2 Å². The van der Waals surface area contributed by atoms with Gasteiger partial charge < -0.3 is 28.8 Å². The van der Waals surface area contributed by atoms with Crippen molar-refractivity contribution in [2.24, 2.45) is 0 Å². The van der Waals surface area contributed by atoms with Crippen LogP contribution in [0.5, 0.6) is 0 Å². The molecule has 0 heterocycles. The SMILES string of the molecule is CC/C=C\C/C=C\C/C=C\C/C=C\C/C=C\C/C=C\C/C=C\C/C=C\C/C=C\C/C=C\C/C=C\C/C=C\CCCCCCC(=O)NC(COP(=O)([O-])OCC[N+](C)(C)C)C(O)/C=C/CC/C=C/CC/C=C/CCCC. The molecule has 8 nitrogen and oxygen atoms in total. The molecule has 0 aromatic heterocycles. The number of carbonyl (C=O) groups is 1. The highest BCUT2D eigenvalue weighted by atomic mass is 31.2. The number of quaternary nitrogens is 1. The molecule has 0 radical (unpaired) electrons. The van der Waals surface area contributed by atoms with E-state index >= 15 is 0 Å². The van der Waals surface area contributed by atoms with Crippen LogP contribution in [0, 0.1) is 0 Å². The Morgan fingerprint density at radius 3 is 1.23 bits per heavy atom. The number of phosphoric acid groups is 1. The molecule has 0 aromatic rings. The fourth-order valence-electron chi connectivity index (χ4n) is 6.85. The van der Waals surface area contributed by atoms with Crippen LogP contribution < -0.4 is 10.2 Å². The standard InChI is InChI=1S/C66H105N2O6P/c1-6-8-10-12-14-16-18-20-21-22-23-24-25-26-27-28-29-30-31-32-33-34-35-36-37-38-39-40-41-42-43-44-45-46-47-48-50-52-54-56-58-60-66(70)67-64(63-74-75(71,72)73-62-61-68(3,4)5)65(69)59-57-55-53-51-49-19-17-15-13-11-9-7-2/h8,10,13-16,20-21,23-24,26-27,29-30,32-33,35-36,38-39,41-42,44-45,47-49,51,57,59,64-65,69H,6-7,9,11-12,17-19,22,25,28,31,34,37,40,43,46,50,52-56,58,60-63H2,1-5H3,(H-,67,70,71,72)/b10-8-,15-13+,16-14-,21-20-,24-23-,27-26-,30-29-,33-32-,36-35-,39-38-,42-41-,45-44-,48-47-,51-49+,59-57+. The maximum Gasteiger partial charge on any atom is 0.268 e. The summed E-state index contributed by atoms with van der Waals surface area (Å²) in [5, 5.41) is 13.8. The molecule has 0 saturated heterocycles. The van der Waals surface area contributed by atoms with Crippen LogP contribution in [0.25, 0.3) is 0 Å². The smallest absolute Gasteiger partial charge is 0.268 e. The molecule has 0 spiro atoms. The minimum Gasteiger partial charge on any atom is -0.756 e. The summed E-state index contributed by atoms with van der Waals surface area (Å²) < 4.78 is 23.2. The molecule has 1 amide bonds. The number of hydrogen-bond acceptors (Lipinski definition) is 6. The Kier molecular flexibility index (Phi) is 51.2. The molecule has 0 saturated carbocycles. The van der Waals surface area contributed by atoms with Crippen LogP contribution in [0.15, 0.2) is 182 Å². The first-order valence-electron chi connectivity index (χ1n) is 28.6. The molecule has 0 aliphatic heterocycles. The number of allylic oxidation sites excluding steroid dienone is 29. The van der Waals surface area contributed by atoms with Gasteiger partial charge in [0, 0.05) is 6.42 Å². The Bertz CT molecular complexity index is 1860. The van der Waals surface area contributed by atoms with Crippen LogP contribution in [0.2, 0.25) is 0 Å². The van der Waals surface area contributed by atoms with Crippen molar-refractivity contribution in [3.8, 4) is 0 Å².